The normalized spacial score (nSPS) is 11.8. The number of hydrogen-bond acceptors (Lipinski definition) is 3. The number of rotatable bonds is 4. The van der Waals surface area contributed by atoms with E-state index in [4.69, 9.17) is 5.26 Å². The second-order valence-electron chi connectivity index (χ2n) is 3.08. The van der Waals surface area contributed by atoms with Crippen LogP contribution in [0.5, 0.6) is 0 Å². The van der Waals surface area contributed by atoms with Gasteiger partial charge in [0.2, 0.25) is 0 Å². The van der Waals surface area contributed by atoms with Crippen molar-refractivity contribution in [1.82, 2.24) is 5.32 Å². The van der Waals surface area contributed by atoms with E-state index in [2.05, 4.69) is 34.0 Å². The van der Waals surface area contributed by atoms with Gasteiger partial charge in [-0.15, -0.1) is 11.3 Å². The Bertz CT molecular complexity index is 383. The molecule has 0 aliphatic carbocycles. The first-order chi connectivity index (χ1) is 7.17. The second-order valence-corrected chi connectivity index (χ2v) is 5.89. The van der Waals surface area contributed by atoms with Crippen molar-refractivity contribution in [3.05, 3.63) is 19.9 Å². The lowest BCUT2D eigenvalue weighted by atomic mass is 10.1. The number of hydrogen-bond donors (Lipinski definition) is 1. The van der Waals surface area contributed by atoms with E-state index in [9.17, 15) is 4.79 Å². The van der Waals surface area contributed by atoms with E-state index >= 15 is 0 Å². The Morgan fingerprint density at radius 2 is 2.53 bits per heavy atom. The molecule has 0 spiro atoms. The molecule has 80 valence electrons. The number of halogens is 1. The minimum atomic E-state index is -0.0868. The molecule has 1 rings (SSSR count). The zero-order chi connectivity index (χ0) is 11.3. The van der Waals surface area contributed by atoms with Gasteiger partial charge >= 0.3 is 0 Å². The summed E-state index contributed by atoms with van der Waals surface area (Å²) in [4.78, 5) is 11.7. The van der Waals surface area contributed by atoms with Crippen molar-refractivity contribution in [2.75, 3.05) is 0 Å². The third kappa shape index (κ3) is 3.80. The molecule has 1 heterocycles. The number of nitrogens with one attached hydrogen (secondary N) is 1. The highest BCUT2D eigenvalue weighted by Crippen LogP contribution is 2.16. The topological polar surface area (TPSA) is 52.9 Å². The monoisotopic (exact) mass is 334 g/mol. The van der Waals surface area contributed by atoms with Crippen LogP contribution in [0.25, 0.3) is 0 Å². The summed E-state index contributed by atoms with van der Waals surface area (Å²) in [6.45, 7) is 1.96. The highest BCUT2D eigenvalue weighted by molar-refractivity contribution is 14.1. The maximum absolute atomic E-state index is 11.7. The van der Waals surface area contributed by atoms with Gasteiger partial charge in [-0.2, -0.15) is 5.26 Å². The van der Waals surface area contributed by atoms with Crippen LogP contribution < -0.4 is 5.32 Å². The van der Waals surface area contributed by atoms with Crippen LogP contribution in [0.2, 0.25) is 0 Å². The van der Waals surface area contributed by atoms with E-state index in [0.29, 0.717) is 12.0 Å². The minimum Gasteiger partial charge on any atom is -0.348 e. The van der Waals surface area contributed by atoms with Gasteiger partial charge in [-0.3, -0.25) is 4.79 Å². The lowest BCUT2D eigenvalue weighted by molar-refractivity contribution is 0.0937. The molecule has 1 unspecified atom stereocenters. The zero-order valence-electron chi connectivity index (χ0n) is 8.29. The van der Waals surface area contributed by atoms with Crippen molar-refractivity contribution in [3.63, 3.8) is 0 Å². The van der Waals surface area contributed by atoms with Crippen LogP contribution >= 0.6 is 33.9 Å². The van der Waals surface area contributed by atoms with E-state index in [0.717, 1.165) is 9.30 Å². The smallest absolute Gasteiger partial charge is 0.252 e. The molecule has 1 aromatic heterocycles. The summed E-state index contributed by atoms with van der Waals surface area (Å²) in [6, 6.07) is 3.87. The molecule has 0 aromatic carbocycles. The van der Waals surface area contributed by atoms with Crippen molar-refractivity contribution in [2.45, 2.75) is 25.8 Å². The summed E-state index contributed by atoms with van der Waals surface area (Å²) in [6.07, 6.45) is 1.14. The Morgan fingerprint density at radius 1 is 1.80 bits per heavy atom. The molecule has 1 amide bonds. The molecule has 0 radical (unpaired) electrons. The third-order valence-corrected chi connectivity index (χ3v) is 3.78. The van der Waals surface area contributed by atoms with Crippen molar-refractivity contribution in [2.24, 2.45) is 0 Å². The molecule has 0 aliphatic rings. The Hall–Kier alpha value is -0.610. The fourth-order valence-corrected chi connectivity index (χ4v) is 2.43. The molecule has 3 nitrogen and oxygen atoms in total. The molecule has 0 aliphatic heterocycles. The van der Waals surface area contributed by atoms with Gasteiger partial charge in [-0.1, -0.05) is 6.92 Å². The highest BCUT2D eigenvalue weighted by Gasteiger charge is 2.12. The Morgan fingerprint density at radius 3 is 3.00 bits per heavy atom. The molecule has 1 N–H and O–H groups in total. The summed E-state index contributed by atoms with van der Waals surface area (Å²) in [7, 11) is 0. The molecule has 0 saturated carbocycles. The summed E-state index contributed by atoms with van der Waals surface area (Å²) in [5, 5.41) is 13.2. The predicted molar refractivity (Wildman–Crippen MR) is 68.8 cm³/mol. The van der Waals surface area contributed by atoms with Crippen LogP contribution in [0.3, 0.4) is 0 Å². The fourth-order valence-electron chi connectivity index (χ4n) is 1.11. The van der Waals surface area contributed by atoms with Gasteiger partial charge in [0, 0.05) is 11.4 Å². The van der Waals surface area contributed by atoms with Crippen LogP contribution in [-0.4, -0.2) is 11.9 Å². The van der Waals surface area contributed by atoms with Gasteiger partial charge < -0.3 is 5.32 Å². The van der Waals surface area contributed by atoms with Crippen LogP contribution in [0, 0.1) is 14.2 Å². The average Bonchev–Trinajstić information content (AvgIpc) is 2.64. The lowest BCUT2D eigenvalue weighted by Crippen LogP contribution is -2.33. The Balaban J connectivity index is 2.59. The van der Waals surface area contributed by atoms with Gasteiger partial charge in [0.05, 0.1) is 20.9 Å². The minimum absolute atomic E-state index is 0.0416. The summed E-state index contributed by atoms with van der Waals surface area (Å²) >= 11 is 3.72. The van der Waals surface area contributed by atoms with Crippen LogP contribution in [0.1, 0.15) is 30.1 Å². The number of carbonyl (C=O) groups excluding carboxylic acids is 1. The van der Waals surface area contributed by atoms with Gasteiger partial charge in [-0.25, -0.2) is 0 Å². The Kier molecular flexibility index (Phi) is 5.05. The predicted octanol–water partition coefficient (Wildman–Crippen LogP) is 2.77. The van der Waals surface area contributed by atoms with Gasteiger partial charge in [0.1, 0.15) is 0 Å². The second kappa shape index (κ2) is 6.08. The molecular weight excluding hydrogens is 323 g/mol. The largest absolute Gasteiger partial charge is 0.348 e. The first kappa shape index (κ1) is 12.5. The third-order valence-electron chi connectivity index (χ3n) is 2.00. The SMILES string of the molecule is CCC(CC#N)NC(=O)c1csc(I)c1. The number of carbonyl (C=O) groups is 1. The van der Waals surface area contributed by atoms with Gasteiger partial charge in [-0.05, 0) is 35.1 Å². The van der Waals surface area contributed by atoms with Crippen molar-refractivity contribution in [1.29, 1.82) is 5.26 Å². The van der Waals surface area contributed by atoms with Crippen molar-refractivity contribution in [3.8, 4) is 6.07 Å². The summed E-state index contributed by atoms with van der Waals surface area (Å²) in [5.74, 6) is -0.0868. The van der Waals surface area contributed by atoms with Crippen molar-refractivity contribution < 1.29 is 4.79 Å². The molecule has 0 saturated heterocycles. The van der Waals surface area contributed by atoms with Gasteiger partial charge in [0.25, 0.3) is 5.91 Å². The molecule has 15 heavy (non-hydrogen) atoms. The number of nitriles is 1. The maximum Gasteiger partial charge on any atom is 0.252 e. The summed E-state index contributed by atoms with van der Waals surface area (Å²) < 4.78 is 1.09. The first-order valence-corrected chi connectivity index (χ1v) is 6.55. The average molecular weight is 334 g/mol. The van der Waals surface area contributed by atoms with E-state index in [1.54, 1.807) is 11.3 Å². The van der Waals surface area contributed by atoms with Gasteiger partial charge in [0.15, 0.2) is 0 Å². The van der Waals surface area contributed by atoms with E-state index in [1.807, 2.05) is 18.4 Å². The van der Waals surface area contributed by atoms with E-state index in [-0.39, 0.29) is 11.9 Å². The summed E-state index contributed by atoms with van der Waals surface area (Å²) in [5.41, 5.74) is 0.681. The zero-order valence-corrected chi connectivity index (χ0v) is 11.3. The number of nitrogens with zero attached hydrogens (tertiary/aromatic N) is 1. The highest BCUT2D eigenvalue weighted by atomic mass is 127. The lowest BCUT2D eigenvalue weighted by Gasteiger charge is -2.12. The molecule has 1 atom stereocenters. The quantitative estimate of drug-likeness (QED) is 0.861. The number of amides is 1. The van der Waals surface area contributed by atoms with Crippen LogP contribution in [-0.2, 0) is 0 Å². The molecule has 0 fully saturated rings. The number of thiophene rings is 1. The fraction of sp³-hybridized carbons (Fsp3) is 0.400. The van der Waals surface area contributed by atoms with Crippen molar-refractivity contribution >= 4 is 39.8 Å². The Labute approximate surface area is 107 Å². The molecular formula is C10H11IN2OS. The maximum atomic E-state index is 11.7. The van der Waals surface area contributed by atoms with Crippen LogP contribution in [0.15, 0.2) is 11.4 Å². The first-order valence-electron chi connectivity index (χ1n) is 4.59. The van der Waals surface area contributed by atoms with E-state index < -0.39 is 0 Å². The van der Waals surface area contributed by atoms with Crippen LogP contribution in [0.4, 0.5) is 0 Å². The standard InChI is InChI=1S/C10H11IN2OS/c1-2-8(3-4-12)13-10(14)7-5-9(11)15-6-7/h5-6,8H,2-3H2,1H3,(H,13,14). The molecule has 5 heteroatoms. The van der Waals surface area contributed by atoms with E-state index in [1.165, 1.54) is 0 Å². The molecule has 0 bridgehead atoms. The molecule has 1 aromatic rings.